The Morgan fingerprint density at radius 2 is 2.11 bits per heavy atom. The number of nitrogens with zero attached hydrogens (tertiary/aromatic N) is 1. The average Bonchev–Trinajstić information content (AvgIpc) is 2.69. The third kappa shape index (κ3) is 2.62. The number of rotatable bonds is 3. The molecule has 0 bridgehead atoms. The molecule has 19 heavy (non-hydrogen) atoms. The van der Waals surface area contributed by atoms with Gasteiger partial charge in [0.2, 0.25) is 5.91 Å². The van der Waals surface area contributed by atoms with Gasteiger partial charge >= 0.3 is 0 Å². The van der Waals surface area contributed by atoms with Gasteiger partial charge in [0.05, 0.1) is 0 Å². The van der Waals surface area contributed by atoms with Gasteiger partial charge in [-0.3, -0.25) is 9.59 Å². The van der Waals surface area contributed by atoms with Crippen LogP contribution in [0.2, 0.25) is 0 Å². The van der Waals surface area contributed by atoms with E-state index < -0.39 is 0 Å². The Kier molecular flexibility index (Phi) is 3.60. The highest BCUT2D eigenvalue weighted by molar-refractivity contribution is 5.77. The number of allylic oxidation sites excluding steroid dienone is 1. The zero-order chi connectivity index (χ0) is 14.2. The molecule has 0 fully saturated rings. The van der Waals surface area contributed by atoms with E-state index in [1.807, 2.05) is 39.8 Å². The van der Waals surface area contributed by atoms with Crippen molar-refractivity contribution in [3.8, 4) is 0 Å². The van der Waals surface area contributed by atoms with Gasteiger partial charge in [-0.1, -0.05) is 19.4 Å². The first-order valence-electron chi connectivity index (χ1n) is 6.58. The molecule has 0 atom stereocenters. The second-order valence-electron chi connectivity index (χ2n) is 5.49. The highest BCUT2D eigenvalue weighted by atomic mass is 16.2. The van der Waals surface area contributed by atoms with E-state index in [9.17, 15) is 9.59 Å². The van der Waals surface area contributed by atoms with Gasteiger partial charge in [0.25, 0.3) is 5.56 Å². The number of carbonyl (C=O) groups is 1. The number of amides is 1. The molecule has 0 saturated heterocycles. The van der Waals surface area contributed by atoms with Gasteiger partial charge in [-0.05, 0) is 31.6 Å². The van der Waals surface area contributed by atoms with E-state index >= 15 is 0 Å². The fraction of sp³-hybridized carbons (Fsp3) is 0.467. The van der Waals surface area contributed by atoms with Crippen LogP contribution in [-0.4, -0.2) is 10.5 Å². The summed E-state index contributed by atoms with van der Waals surface area (Å²) in [7, 11) is 0. The summed E-state index contributed by atoms with van der Waals surface area (Å²) in [6.45, 7) is 8.57. The molecule has 0 aliphatic carbocycles. The predicted molar refractivity (Wildman–Crippen MR) is 75.8 cm³/mol. The van der Waals surface area contributed by atoms with E-state index in [2.05, 4.69) is 5.32 Å². The zero-order valence-corrected chi connectivity index (χ0v) is 11.9. The number of aryl methyl sites for hydroxylation is 1. The molecule has 0 unspecified atom stereocenters. The van der Waals surface area contributed by atoms with Crippen LogP contribution in [0.15, 0.2) is 16.4 Å². The Hall–Kier alpha value is -1.84. The number of aromatic nitrogens is 1. The van der Waals surface area contributed by atoms with Gasteiger partial charge < -0.3 is 9.88 Å². The number of hydrogen-bond acceptors (Lipinski definition) is 2. The summed E-state index contributed by atoms with van der Waals surface area (Å²) < 4.78 is 1.76. The van der Waals surface area contributed by atoms with Gasteiger partial charge in [-0.25, -0.2) is 0 Å². The molecular weight excluding hydrogens is 240 g/mol. The van der Waals surface area contributed by atoms with Crippen LogP contribution >= 0.6 is 0 Å². The van der Waals surface area contributed by atoms with Crippen LogP contribution in [0.1, 0.15) is 37.6 Å². The van der Waals surface area contributed by atoms with Crippen LogP contribution < -0.4 is 10.9 Å². The summed E-state index contributed by atoms with van der Waals surface area (Å²) in [6.07, 6.45) is 2.03. The molecule has 1 aromatic rings. The lowest BCUT2D eigenvalue weighted by molar-refractivity contribution is -0.124. The van der Waals surface area contributed by atoms with E-state index in [0.717, 1.165) is 11.3 Å². The van der Waals surface area contributed by atoms with Gasteiger partial charge in [0.1, 0.15) is 0 Å². The van der Waals surface area contributed by atoms with Crippen LogP contribution in [-0.2, 0) is 17.9 Å². The maximum absolute atomic E-state index is 12.4. The Bertz CT molecular complexity index is 609. The van der Waals surface area contributed by atoms with Crippen molar-refractivity contribution >= 4 is 12.0 Å². The lowest BCUT2D eigenvalue weighted by atomic mass is 10.1. The molecule has 1 N–H and O–H groups in total. The van der Waals surface area contributed by atoms with Crippen molar-refractivity contribution in [2.75, 3.05) is 0 Å². The molecule has 0 spiro atoms. The maximum atomic E-state index is 12.4. The molecule has 4 nitrogen and oxygen atoms in total. The van der Waals surface area contributed by atoms with E-state index in [-0.39, 0.29) is 17.4 Å². The number of pyridine rings is 1. The van der Waals surface area contributed by atoms with Crippen LogP contribution in [0.25, 0.3) is 6.08 Å². The van der Waals surface area contributed by atoms with Crippen molar-refractivity contribution < 1.29 is 4.79 Å². The molecular formula is C15H20N2O2. The largest absolute Gasteiger partial charge is 0.352 e. The van der Waals surface area contributed by atoms with E-state index in [1.165, 1.54) is 5.57 Å². The first-order valence-corrected chi connectivity index (χ1v) is 6.58. The number of nitrogens with one attached hydrogen (secondary N) is 1. The third-order valence-corrected chi connectivity index (χ3v) is 3.42. The van der Waals surface area contributed by atoms with Crippen molar-refractivity contribution in [2.24, 2.45) is 5.92 Å². The highest BCUT2D eigenvalue weighted by Gasteiger charge is 2.16. The minimum Gasteiger partial charge on any atom is -0.352 e. The first-order chi connectivity index (χ1) is 8.90. The van der Waals surface area contributed by atoms with Crippen molar-refractivity contribution in [3.63, 3.8) is 0 Å². The SMILES string of the molecule is CC1=Cc2cc(C)c(CNC(=O)C(C)C)c(=O)n2C1. The van der Waals surface area contributed by atoms with Gasteiger partial charge in [0, 0.05) is 30.3 Å². The summed E-state index contributed by atoms with van der Waals surface area (Å²) in [6, 6.07) is 2.01. The highest BCUT2D eigenvalue weighted by Crippen LogP contribution is 2.18. The molecule has 1 amide bonds. The second kappa shape index (κ2) is 5.03. The molecule has 0 aromatic carbocycles. The van der Waals surface area contributed by atoms with Crippen molar-refractivity contribution in [3.05, 3.63) is 38.8 Å². The van der Waals surface area contributed by atoms with Crippen LogP contribution in [0, 0.1) is 12.8 Å². The van der Waals surface area contributed by atoms with E-state index in [4.69, 9.17) is 0 Å². The Morgan fingerprint density at radius 3 is 2.74 bits per heavy atom. The number of carbonyl (C=O) groups excluding carboxylic acids is 1. The normalized spacial score (nSPS) is 13.4. The van der Waals surface area contributed by atoms with Crippen molar-refractivity contribution in [2.45, 2.75) is 40.8 Å². The molecule has 0 saturated carbocycles. The monoisotopic (exact) mass is 260 g/mol. The van der Waals surface area contributed by atoms with Crippen molar-refractivity contribution in [1.82, 2.24) is 9.88 Å². The second-order valence-corrected chi connectivity index (χ2v) is 5.49. The number of fused-ring (bicyclic) bond motifs is 1. The molecule has 1 aliphatic rings. The Labute approximate surface area is 113 Å². The summed E-state index contributed by atoms with van der Waals surface area (Å²) in [5.41, 5.74) is 3.76. The molecule has 0 radical (unpaired) electrons. The fourth-order valence-electron chi connectivity index (χ4n) is 2.26. The van der Waals surface area contributed by atoms with Crippen LogP contribution in [0.4, 0.5) is 0 Å². The quantitative estimate of drug-likeness (QED) is 0.901. The predicted octanol–water partition coefficient (Wildman–Crippen LogP) is 1.85. The van der Waals surface area contributed by atoms with Crippen molar-refractivity contribution in [1.29, 1.82) is 0 Å². The minimum atomic E-state index is -0.0681. The molecule has 4 heteroatoms. The summed E-state index contributed by atoms with van der Waals surface area (Å²) >= 11 is 0. The standard InChI is InChI=1S/C15H20N2O2/c1-9(2)14(18)16-7-13-11(4)6-12-5-10(3)8-17(12)15(13)19/h5-6,9H,7-8H2,1-4H3,(H,16,18). The van der Waals surface area contributed by atoms with Gasteiger partial charge in [-0.15, -0.1) is 0 Å². The maximum Gasteiger partial charge on any atom is 0.256 e. The van der Waals surface area contributed by atoms with E-state index in [1.54, 1.807) is 4.57 Å². The van der Waals surface area contributed by atoms with Gasteiger partial charge in [-0.2, -0.15) is 0 Å². The smallest absolute Gasteiger partial charge is 0.256 e. The molecule has 102 valence electrons. The average molecular weight is 260 g/mol. The lowest BCUT2D eigenvalue weighted by Gasteiger charge is -2.12. The lowest BCUT2D eigenvalue weighted by Crippen LogP contribution is -2.33. The topological polar surface area (TPSA) is 51.1 Å². The molecule has 1 aromatic heterocycles. The van der Waals surface area contributed by atoms with Crippen LogP contribution in [0.3, 0.4) is 0 Å². The number of hydrogen-bond donors (Lipinski definition) is 1. The minimum absolute atomic E-state index is 0.00663. The van der Waals surface area contributed by atoms with Gasteiger partial charge in [0.15, 0.2) is 0 Å². The van der Waals surface area contributed by atoms with Crippen LogP contribution in [0.5, 0.6) is 0 Å². The Balaban J connectivity index is 2.27. The molecule has 2 rings (SSSR count). The zero-order valence-electron chi connectivity index (χ0n) is 11.9. The first kappa shape index (κ1) is 13.6. The Morgan fingerprint density at radius 1 is 1.42 bits per heavy atom. The fourth-order valence-corrected chi connectivity index (χ4v) is 2.26. The summed E-state index contributed by atoms with van der Waals surface area (Å²) in [5, 5.41) is 2.81. The van der Waals surface area contributed by atoms with E-state index in [0.29, 0.717) is 18.7 Å². The summed E-state index contributed by atoms with van der Waals surface area (Å²) in [5.74, 6) is -0.0972. The third-order valence-electron chi connectivity index (χ3n) is 3.42. The molecule has 2 heterocycles. The molecule has 1 aliphatic heterocycles. The summed E-state index contributed by atoms with van der Waals surface area (Å²) in [4.78, 5) is 24.0.